The number of benzene rings is 2. The van der Waals surface area contributed by atoms with Gasteiger partial charge in [0.25, 0.3) is 0 Å². The van der Waals surface area contributed by atoms with Crippen molar-refractivity contribution in [1.29, 1.82) is 5.26 Å². The molecule has 2 heteroatoms. The van der Waals surface area contributed by atoms with E-state index >= 15 is 0 Å². The fraction of sp³-hybridized carbons (Fsp3) is 0.188. The number of hydrogen-bond acceptors (Lipinski definition) is 2. The fourth-order valence-electron chi connectivity index (χ4n) is 2.30. The lowest BCUT2D eigenvalue weighted by molar-refractivity contribution is 0.300. The highest BCUT2D eigenvalue weighted by atomic mass is 16.5. The SMILES string of the molecule is N#CC1Cc2c(OCc3ccccc3)cccc21. The van der Waals surface area contributed by atoms with Gasteiger partial charge in [0.2, 0.25) is 0 Å². The van der Waals surface area contributed by atoms with Gasteiger partial charge < -0.3 is 4.74 Å². The molecular formula is C16H13NO. The van der Waals surface area contributed by atoms with Crippen LogP contribution in [0.1, 0.15) is 22.6 Å². The highest BCUT2D eigenvalue weighted by Gasteiger charge is 2.28. The molecule has 0 aliphatic heterocycles. The third kappa shape index (κ3) is 1.84. The van der Waals surface area contributed by atoms with Gasteiger partial charge in [-0.25, -0.2) is 0 Å². The minimum absolute atomic E-state index is 0.0558. The predicted octanol–water partition coefficient (Wildman–Crippen LogP) is 3.43. The quantitative estimate of drug-likeness (QED) is 0.816. The molecule has 0 N–H and O–H groups in total. The van der Waals surface area contributed by atoms with Crippen LogP contribution in [-0.4, -0.2) is 0 Å². The van der Waals surface area contributed by atoms with E-state index in [0.717, 1.165) is 23.3 Å². The molecule has 3 rings (SSSR count). The Labute approximate surface area is 106 Å². The van der Waals surface area contributed by atoms with Crippen molar-refractivity contribution < 1.29 is 4.74 Å². The van der Waals surface area contributed by atoms with E-state index in [0.29, 0.717) is 6.61 Å². The Bertz CT molecular complexity index is 598. The van der Waals surface area contributed by atoms with E-state index in [1.807, 2.05) is 48.5 Å². The second-order valence-electron chi connectivity index (χ2n) is 4.48. The molecule has 0 amide bonds. The monoisotopic (exact) mass is 235 g/mol. The van der Waals surface area contributed by atoms with Crippen molar-refractivity contribution in [1.82, 2.24) is 0 Å². The molecular weight excluding hydrogens is 222 g/mol. The molecule has 2 aromatic carbocycles. The van der Waals surface area contributed by atoms with Crippen molar-refractivity contribution in [2.75, 3.05) is 0 Å². The first-order chi connectivity index (χ1) is 8.88. The van der Waals surface area contributed by atoms with Crippen LogP contribution in [-0.2, 0) is 13.0 Å². The Kier molecular flexibility index (Phi) is 2.74. The molecule has 0 heterocycles. The summed E-state index contributed by atoms with van der Waals surface area (Å²) in [5.74, 6) is 0.975. The Morgan fingerprint density at radius 1 is 1.11 bits per heavy atom. The van der Waals surface area contributed by atoms with Crippen LogP contribution in [0.4, 0.5) is 0 Å². The molecule has 0 bridgehead atoms. The zero-order valence-electron chi connectivity index (χ0n) is 9.97. The van der Waals surface area contributed by atoms with Gasteiger partial charge in [0, 0.05) is 5.56 Å². The van der Waals surface area contributed by atoms with Crippen molar-refractivity contribution in [3.05, 3.63) is 65.2 Å². The molecule has 0 saturated carbocycles. The normalized spacial score (nSPS) is 16.3. The number of nitrogens with zero attached hydrogens (tertiary/aromatic N) is 1. The van der Waals surface area contributed by atoms with Gasteiger partial charge in [0.15, 0.2) is 0 Å². The maximum atomic E-state index is 8.94. The highest BCUT2D eigenvalue weighted by molar-refractivity contribution is 5.52. The first-order valence-corrected chi connectivity index (χ1v) is 6.06. The highest BCUT2D eigenvalue weighted by Crippen LogP contribution is 2.40. The molecule has 2 aromatic rings. The lowest BCUT2D eigenvalue weighted by Gasteiger charge is -2.27. The van der Waals surface area contributed by atoms with Gasteiger partial charge in [-0.15, -0.1) is 0 Å². The number of ether oxygens (including phenoxy) is 1. The third-order valence-corrected chi connectivity index (χ3v) is 3.35. The van der Waals surface area contributed by atoms with Gasteiger partial charge >= 0.3 is 0 Å². The molecule has 88 valence electrons. The Balaban J connectivity index is 1.75. The van der Waals surface area contributed by atoms with E-state index in [-0.39, 0.29) is 5.92 Å². The Hall–Kier alpha value is -2.27. The van der Waals surface area contributed by atoms with Crippen LogP contribution in [0.2, 0.25) is 0 Å². The predicted molar refractivity (Wildman–Crippen MR) is 69.3 cm³/mol. The molecule has 1 unspecified atom stereocenters. The molecule has 0 aromatic heterocycles. The fourth-order valence-corrected chi connectivity index (χ4v) is 2.30. The average Bonchev–Trinajstić information content (AvgIpc) is 2.40. The van der Waals surface area contributed by atoms with Crippen LogP contribution in [0, 0.1) is 11.3 Å². The second kappa shape index (κ2) is 4.54. The van der Waals surface area contributed by atoms with E-state index < -0.39 is 0 Å². The largest absolute Gasteiger partial charge is 0.489 e. The summed E-state index contributed by atoms with van der Waals surface area (Å²) in [6, 6.07) is 18.4. The summed E-state index contributed by atoms with van der Waals surface area (Å²) in [4.78, 5) is 0. The summed E-state index contributed by atoms with van der Waals surface area (Å²) in [7, 11) is 0. The van der Waals surface area contributed by atoms with Crippen molar-refractivity contribution in [2.24, 2.45) is 0 Å². The summed E-state index contributed by atoms with van der Waals surface area (Å²) in [6.45, 7) is 0.578. The van der Waals surface area contributed by atoms with E-state index in [2.05, 4.69) is 6.07 Å². The first-order valence-electron chi connectivity index (χ1n) is 6.06. The van der Waals surface area contributed by atoms with Crippen molar-refractivity contribution in [3.63, 3.8) is 0 Å². The zero-order valence-corrected chi connectivity index (χ0v) is 9.97. The van der Waals surface area contributed by atoms with Gasteiger partial charge in [-0.2, -0.15) is 5.26 Å². The second-order valence-corrected chi connectivity index (χ2v) is 4.48. The molecule has 1 aliphatic rings. The molecule has 0 saturated heterocycles. The summed E-state index contributed by atoms with van der Waals surface area (Å²) >= 11 is 0. The lowest BCUT2D eigenvalue weighted by atomic mass is 9.78. The lowest BCUT2D eigenvalue weighted by Crippen LogP contribution is -2.16. The zero-order chi connectivity index (χ0) is 12.4. The Morgan fingerprint density at radius 3 is 2.72 bits per heavy atom. The minimum atomic E-state index is 0.0558. The van der Waals surface area contributed by atoms with Gasteiger partial charge in [-0.05, 0) is 23.6 Å². The van der Waals surface area contributed by atoms with E-state index in [1.54, 1.807) is 0 Å². The molecule has 1 aliphatic carbocycles. The van der Waals surface area contributed by atoms with Gasteiger partial charge in [-0.1, -0.05) is 42.5 Å². The first kappa shape index (κ1) is 10.9. The maximum absolute atomic E-state index is 8.94. The molecule has 0 fully saturated rings. The summed E-state index contributed by atoms with van der Waals surface area (Å²) < 4.78 is 5.84. The number of hydrogen-bond donors (Lipinski definition) is 0. The van der Waals surface area contributed by atoms with Crippen molar-refractivity contribution in [2.45, 2.75) is 18.9 Å². The van der Waals surface area contributed by atoms with Crippen LogP contribution in [0.15, 0.2) is 48.5 Å². The topological polar surface area (TPSA) is 33.0 Å². The van der Waals surface area contributed by atoms with Gasteiger partial charge in [0.1, 0.15) is 12.4 Å². The molecule has 0 spiro atoms. The molecule has 2 nitrogen and oxygen atoms in total. The maximum Gasteiger partial charge on any atom is 0.123 e. The summed E-state index contributed by atoms with van der Waals surface area (Å²) in [5, 5.41) is 8.94. The molecule has 1 atom stereocenters. The average molecular weight is 235 g/mol. The number of nitriles is 1. The van der Waals surface area contributed by atoms with E-state index in [4.69, 9.17) is 10.00 Å². The van der Waals surface area contributed by atoms with Crippen LogP contribution in [0.3, 0.4) is 0 Å². The van der Waals surface area contributed by atoms with Crippen LogP contribution < -0.4 is 4.74 Å². The van der Waals surface area contributed by atoms with Gasteiger partial charge in [-0.3, -0.25) is 0 Å². The summed E-state index contributed by atoms with van der Waals surface area (Å²) in [6.07, 6.45) is 0.816. The summed E-state index contributed by atoms with van der Waals surface area (Å²) in [5.41, 5.74) is 3.48. The third-order valence-electron chi connectivity index (χ3n) is 3.35. The van der Waals surface area contributed by atoms with E-state index in [9.17, 15) is 0 Å². The van der Waals surface area contributed by atoms with Crippen LogP contribution in [0.5, 0.6) is 5.75 Å². The minimum Gasteiger partial charge on any atom is -0.489 e. The molecule has 0 radical (unpaired) electrons. The van der Waals surface area contributed by atoms with Crippen LogP contribution in [0.25, 0.3) is 0 Å². The standard InChI is InChI=1S/C16H13NO/c17-10-13-9-15-14(13)7-4-8-16(15)18-11-12-5-2-1-3-6-12/h1-8,13H,9,11H2. The number of fused-ring (bicyclic) bond motifs is 1. The van der Waals surface area contributed by atoms with Crippen molar-refractivity contribution >= 4 is 0 Å². The van der Waals surface area contributed by atoms with Crippen molar-refractivity contribution in [3.8, 4) is 11.8 Å². The van der Waals surface area contributed by atoms with E-state index in [1.165, 1.54) is 5.56 Å². The van der Waals surface area contributed by atoms with Crippen LogP contribution >= 0.6 is 0 Å². The Morgan fingerprint density at radius 2 is 1.94 bits per heavy atom. The smallest absolute Gasteiger partial charge is 0.123 e. The number of rotatable bonds is 3. The molecule has 18 heavy (non-hydrogen) atoms. The van der Waals surface area contributed by atoms with Gasteiger partial charge in [0.05, 0.1) is 12.0 Å².